The maximum absolute atomic E-state index is 12.1. The molecule has 29 heavy (non-hydrogen) atoms. The van der Waals surface area contributed by atoms with Gasteiger partial charge in [-0.05, 0) is 55.0 Å². The highest BCUT2D eigenvalue weighted by Crippen LogP contribution is 2.17. The quantitative estimate of drug-likeness (QED) is 0.568. The lowest BCUT2D eigenvalue weighted by molar-refractivity contribution is -0.116. The van der Waals surface area contributed by atoms with Gasteiger partial charge in [-0.15, -0.1) is 0 Å². The molecule has 2 aromatic rings. The summed E-state index contributed by atoms with van der Waals surface area (Å²) in [4.78, 5) is 37.0. The van der Waals surface area contributed by atoms with E-state index in [1.807, 2.05) is 24.3 Å². The van der Waals surface area contributed by atoms with Crippen LogP contribution in [0.1, 0.15) is 37.0 Å². The predicted octanol–water partition coefficient (Wildman–Crippen LogP) is 3.25. The fraction of sp³-hybridized carbons (Fsp3) is 0.318. The SMILES string of the molecule is CCCCNC(=O)c1ccc(NC(=O)CNc2ccc(N(C)C(C)=O)cc2)cc1. The molecule has 0 radical (unpaired) electrons. The summed E-state index contributed by atoms with van der Waals surface area (Å²) in [5.41, 5.74) is 2.75. The zero-order chi connectivity index (χ0) is 21.2. The number of hydrogen-bond donors (Lipinski definition) is 3. The third kappa shape index (κ3) is 6.95. The Hall–Kier alpha value is -3.35. The average molecular weight is 396 g/mol. The van der Waals surface area contributed by atoms with E-state index in [4.69, 9.17) is 0 Å². The van der Waals surface area contributed by atoms with E-state index in [1.54, 1.807) is 36.2 Å². The monoisotopic (exact) mass is 396 g/mol. The number of nitrogens with one attached hydrogen (secondary N) is 3. The van der Waals surface area contributed by atoms with Crippen LogP contribution in [0.2, 0.25) is 0 Å². The van der Waals surface area contributed by atoms with E-state index in [0.717, 1.165) is 24.2 Å². The van der Waals surface area contributed by atoms with Crippen molar-refractivity contribution >= 4 is 34.8 Å². The molecule has 0 atom stereocenters. The number of nitrogens with zero attached hydrogens (tertiary/aromatic N) is 1. The number of carbonyl (C=O) groups is 3. The number of carbonyl (C=O) groups excluding carboxylic acids is 3. The Kier molecular flexibility index (Phi) is 8.21. The van der Waals surface area contributed by atoms with Gasteiger partial charge in [0.2, 0.25) is 11.8 Å². The van der Waals surface area contributed by atoms with Crippen LogP contribution in [0.15, 0.2) is 48.5 Å². The molecule has 0 aliphatic heterocycles. The molecule has 3 N–H and O–H groups in total. The minimum atomic E-state index is -0.199. The Balaban J connectivity index is 1.81. The number of rotatable bonds is 9. The molecule has 0 unspecified atom stereocenters. The first kappa shape index (κ1) is 21.9. The van der Waals surface area contributed by atoms with Gasteiger partial charge in [0.25, 0.3) is 5.91 Å². The summed E-state index contributed by atoms with van der Waals surface area (Å²) in [5.74, 6) is -0.360. The van der Waals surface area contributed by atoms with Crippen molar-refractivity contribution < 1.29 is 14.4 Å². The second-order valence-electron chi connectivity index (χ2n) is 6.71. The first-order chi connectivity index (χ1) is 13.9. The number of anilines is 3. The maximum Gasteiger partial charge on any atom is 0.251 e. The van der Waals surface area contributed by atoms with Gasteiger partial charge in [0.1, 0.15) is 0 Å². The van der Waals surface area contributed by atoms with E-state index in [1.165, 1.54) is 6.92 Å². The number of unbranched alkanes of at least 4 members (excludes halogenated alkanes) is 1. The Labute approximate surface area is 171 Å². The molecule has 0 aliphatic carbocycles. The minimum Gasteiger partial charge on any atom is -0.376 e. The van der Waals surface area contributed by atoms with Gasteiger partial charge in [-0.1, -0.05) is 13.3 Å². The third-order valence-electron chi connectivity index (χ3n) is 4.43. The van der Waals surface area contributed by atoms with Gasteiger partial charge in [-0.2, -0.15) is 0 Å². The van der Waals surface area contributed by atoms with Gasteiger partial charge >= 0.3 is 0 Å². The summed E-state index contributed by atoms with van der Waals surface area (Å²) in [6, 6.07) is 14.0. The summed E-state index contributed by atoms with van der Waals surface area (Å²) in [7, 11) is 1.71. The molecule has 0 heterocycles. The molecule has 0 aliphatic rings. The fourth-order valence-electron chi connectivity index (χ4n) is 2.56. The number of hydrogen-bond acceptors (Lipinski definition) is 4. The standard InChI is InChI=1S/C22H28N4O3/c1-4-5-14-23-22(29)17-6-8-19(9-7-17)25-21(28)15-24-18-10-12-20(13-11-18)26(3)16(2)27/h6-13,24H,4-5,14-15H2,1-3H3,(H,23,29)(H,25,28). The Morgan fingerprint density at radius 1 is 0.931 bits per heavy atom. The molecule has 7 heteroatoms. The summed E-state index contributed by atoms with van der Waals surface area (Å²) >= 11 is 0. The smallest absolute Gasteiger partial charge is 0.251 e. The van der Waals surface area contributed by atoms with Crippen LogP contribution in [-0.4, -0.2) is 37.9 Å². The van der Waals surface area contributed by atoms with Crippen molar-refractivity contribution in [2.75, 3.05) is 35.7 Å². The van der Waals surface area contributed by atoms with E-state index >= 15 is 0 Å². The zero-order valence-electron chi connectivity index (χ0n) is 17.1. The van der Waals surface area contributed by atoms with E-state index in [9.17, 15) is 14.4 Å². The molecule has 0 saturated carbocycles. The highest BCUT2D eigenvalue weighted by atomic mass is 16.2. The average Bonchev–Trinajstić information content (AvgIpc) is 2.72. The van der Waals surface area contributed by atoms with Crippen molar-refractivity contribution in [1.29, 1.82) is 0 Å². The largest absolute Gasteiger partial charge is 0.376 e. The maximum atomic E-state index is 12.1. The van der Waals surface area contributed by atoms with Gasteiger partial charge < -0.3 is 20.9 Å². The Morgan fingerprint density at radius 3 is 2.14 bits per heavy atom. The second kappa shape index (κ2) is 10.8. The van der Waals surface area contributed by atoms with Crippen LogP contribution in [0.5, 0.6) is 0 Å². The predicted molar refractivity (Wildman–Crippen MR) is 116 cm³/mol. The highest BCUT2D eigenvalue weighted by molar-refractivity contribution is 5.96. The summed E-state index contributed by atoms with van der Waals surface area (Å²) in [6.07, 6.45) is 1.97. The molecular weight excluding hydrogens is 368 g/mol. The van der Waals surface area contributed by atoms with Crippen molar-refractivity contribution in [1.82, 2.24) is 5.32 Å². The highest BCUT2D eigenvalue weighted by Gasteiger charge is 2.07. The molecule has 0 fully saturated rings. The van der Waals surface area contributed by atoms with Gasteiger partial charge in [0, 0.05) is 43.1 Å². The van der Waals surface area contributed by atoms with Gasteiger partial charge in [0.05, 0.1) is 6.54 Å². The number of amides is 3. The van der Waals surface area contributed by atoms with Crippen LogP contribution in [0.4, 0.5) is 17.1 Å². The molecule has 0 spiro atoms. The molecule has 0 bridgehead atoms. The van der Waals surface area contributed by atoms with Gasteiger partial charge in [-0.3, -0.25) is 14.4 Å². The van der Waals surface area contributed by atoms with Crippen molar-refractivity contribution in [2.45, 2.75) is 26.7 Å². The summed E-state index contributed by atoms with van der Waals surface area (Å²) in [6.45, 7) is 4.33. The lowest BCUT2D eigenvalue weighted by Gasteiger charge is -2.15. The van der Waals surface area contributed by atoms with E-state index in [-0.39, 0.29) is 24.3 Å². The first-order valence-corrected chi connectivity index (χ1v) is 9.67. The molecule has 3 amide bonds. The topological polar surface area (TPSA) is 90.5 Å². The van der Waals surface area contributed by atoms with Crippen molar-refractivity contribution in [3.63, 3.8) is 0 Å². The van der Waals surface area contributed by atoms with E-state index in [2.05, 4.69) is 22.9 Å². The van der Waals surface area contributed by atoms with E-state index < -0.39 is 0 Å². The molecule has 0 aromatic heterocycles. The Morgan fingerprint density at radius 2 is 1.55 bits per heavy atom. The van der Waals surface area contributed by atoms with Crippen molar-refractivity contribution in [3.8, 4) is 0 Å². The summed E-state index contributed by atoms with van der Waals surface area (Å²) < 4.78 is 0. The molecular formula is C22H28N4O3. The third-order valence-corrected chi connectivity index (χ3v) is 4.43. The normalized spacial score (nSPS) is 10.2. The number of benzene rings is 2. The van der Waals surface area contributed by atoms with E-state index in [0.29, 0.717) is 17.8 Å². The minimum absolute atomic E-state index is 0.0467. The first-order valence-electron chi connectivity index (χ1n) is 9.67. The van der Waals surface area contributed by atoms with Crippen LogP contribution in [0.25, 0.3) is 0 Å². The van der Waals surface area contributed by atoms with Gasteiger partial charge in [-0.25, -0.2) is 0 Å². The van der Waals surface area contributed by atoms with Crippen LogP contribution in [0.3, 0.4) is 0 Å². The molecule has 2 rings (SSSR count). The van der Waals surface area contributed by atoms with Crippen LogP contribution < -0.4 is 20.9 Å². The molecule has 154 valence electrons. The van der Waals surface area contributed by atoms with Crippen LogP contribution in [-0.2, 0) is 9.59 Å². The van der Waals surface area contributed by atoms with Crippen molar-refractivity contribution in [2.24, 2.45) is 0 Å². The zero-order valence-corrected chi connectivity index (χ0v) is 17.1. The molecule has 7 nitrogen and oxygen atoms in total. The van der Waals surface area contributed by atoms with Crippen molar-refractivity contribution in [3.05, 3.63) is 54.1 Å². The second-order valence-corrected chi connectivity index (χ2v) is 6.71. The summed E-state index contributed by atoms with van der Waals surface area (Å²) in [5, 5.41) is 8.69. The fourth-order valence-corrected chi connectivity index (χ4v) is 2.56. The van der Waals surface area contributed by atoms with Gasteiger partial charge in [0.15, 0.2) is 0 Å². The lowest BCUT2D eigenvalue weighted by atomic mass is 10.2. The molecule has 0 saturated heterocycles. The Bertz CT molecular complexity index is 832. The van der Waals surface area contributed by atoms with Crippen LogP contribution >= 0.6 is 0 Å². The lowest BCUT2D eigenvalue weighted by Crippen LogP contribution is -2.24. The molecule has 2 aromatic carbocycles. The van der Waals surface area contributed by atoms with Crippen LogP contribution in [0, 0.1) is 0 Å².